The summed E-state index contributed by atoms with van der Waals surface area (Å²) in [6.07, 6.45) is 1.95. The van der Waals surface area contributed by atoms with Crippen LogP contribution >= 0.6 is 57.5 Å². The van der Waals surface area contributed by atoms with E-state index in [0.717, 1.165) is 56.2 Å². The van der Waals surface area contributed by atoms with Crippen molar-refractivity contribution in [3.8, 4) is 11.5 Å². The van der Waals surface area contributed by atoms with Crippen LogP contribution in [0.25, 0.3) is 20.4 Å². The molecule has 0 saturated heterocycles. The fourth-order valence-electron chi connectivity index (χ4n) is 3.72. The first-order valence-corrected chi connectivity index (χ1v) is 14.4. The molecule has 0 atom stereocenters. The Balaban J connectivity index is 0.000000182. The van der Waals surface area contributed by atoms with Gasteiger partial charge in [-0.2, -0.15) is 0 Å². The number of rotatable bonds is 5. The first-order valence-electron chi connectivity index (χ1n) is 11.6. The van der Waals surface area contributed by atoms with Crippen molar-refractivity contribution in [2.75, 3.05) is 18.5 Å². The molecule has 0 bridgehead atoms. The van der Waals surface area contributed by atoms with E-state index < -0.39 is 0 Å². The van der Waals surface area contributed by atoms with E-state index in [4.69, 9.17) is 44.3 Å². The zero-order valence-corrected chi connectivity index (χ0v) is 23.9. The molecule has 0 radical (unpaired) electrons. The van der Waals surface area contributed by atoms with Gasteiger partial charge in [-0.25, -0.2) is 19.9 Å². The lowest BCUT2D eigenvalue weighted by Crippen LogP contribution is -2.15. The summed E-state index contributed by atoms with van der Waals surface area (Å²) in [4.78, 5) is 20.9. The zero-order valence-electron chi connectivity index (χ0n) is 20.0. The van der Waals surface area contributed by atoms with Crippen molar-refractivity contribution in [3.63, 3.8) is 0 Å². The van der Waals surface area contributed by atoms with Crippen molar-refractivity contribution in [1.82, 2.24) is 19.9 Å². The zero-order chi connectivity index (χ0) is 25.9. The molecule has 0 unspecified atom stereocenters. The highest BCUT2D eigenvalue weighted by Gasteiger charge is 2.14. The van der Waals surface area contributed by atoms with Crippen molar-refractivity contribution in [1.29, 1.82) is 0 Å². The predicted molar refractivity (Wildman–Crippen MR) is 153 cm³/mol. The van der Waals surface area contributed by atoms with Gasteiger partial charge in [0.1, 0.15) is 33.8 Å². The second-order valence-corrected chi connectivity index (χ2v) is 11.3. The summed E-state index contributed by atoms with van der Waals surface area (Å²) in [6.45, 7) is 6.02. The molecule has 5 aromatic rings. The number of hydrogen-bond acceptors (Lipinski definition) is 9. The molecule has 0 fully saturated rings. The first-order chi connectivity index (χ1) is 17.9. The lowest BCUT2D eigenvalue weighted by Gasteiger charge is -2.19. The van der Waals surface area contributed by atoms with Gasteiger partial charge in [-0.1, -0.05) is 31.5 Å². The lowest BCUT2D eigenvalue weighted by atomic mass is 10.2. The van der Waals surface area contributed by atoms with Crippen LogP contribution in [0.2, 0.25) is 15.7 Å². The number of ether oxygens (including phenoxy) is 2. The topological polar surface area (TPSA) is 82.1 Å². The van der Waals surface area contributed by atoms with Crippen molar-refractivity contribution in [2.45, 2.75) is 33.2 Å². The molecule has 1 aliphatic rings. The summed E-state index contributed by atoms with van der Waals surface area (Å²) >= 11 is 20.9. The number of nitrogens with one attached hydrogen (secondary N) is 1. The smallest absolute Gasteiger partial charge is 0.225 e. The summed E-state index contributed by atoms with van der Waals surface area (Å²) in [5.41, 5.74) is 1.09. The Labute approximate surface area is 236 Å². The summed E-state index contributed by atoms with van der Waals surface area (Å²) < 4.78 is 11.2. The van der Waals surface area contributed by atoms with E-state index >= 15 is 0 Å². The van der Waals surface area contributed by atoms with Crippen LogP contribution in [0.1, 0.15) is 29.2 Å². The molecule has 6 rings (SSSR count). The second kappa shape index (κ2) is 11.5. The maximum atomic E-state index is 6.06. The molecule has 0 saturated carbocycles. The van der Waals surface area contributed by atoms with Gasteiger partial charge >= 0.3 is 0 Å². The summed E-state index contributed by atoms with van der Waals surface area (Å²) in [5.74, 6) is 2.34. The number of aromatic nitrogens is 4. The number of nitrogens with zero attached hydrogens (tertiary/aromatic N) is 4. The van der Waals surface area contributed by atoms with Gasteiger partial charge in [0.25, 0.3) is 0 Å². The molecule has 0 spiro atoms. The van der Waals surface area contributed by atoms with Crippen LogP contribution in [-0.2, 0) is 19.4 Å². The van der Waals surface area contributed by atoms with Crippen LogP contribution in [-0.4, -0.2) is 33.1 Å². The van der Waals surface area contributed by atoms with Crippen LogP contribution < -0.4 is 14.8 Å². The molecule has 0 aliphatic carbocycles. The molecule has 7 nitrogen and oxygen atoms in total. The number of benzene rings is 1. The van der Waals surface area contributed by atoms with Gasteiger partial charge in [-0.15, -0.1) is 22.7 Å². The van der Waals surface area contributed by atoms with Crippen LogP contribution in [0.3, 0.4) is 0 Å². The third kappa shape index (κ3) is 6.02. The third-order valence-corrected chi connectivity index (χ3v) is 8.52. The van der Waals surface area contributed by atoms with Gasteiger partial charge in [-0.05, 0) is 65.9 Å². The first kappa shape index (κ1) is 26.2. The fraction of sp³-hybridized carbons (Fsp3) is 0.280. The van der Waals surface area contributed by atoms with Crippen LogP contribution in [0.5, 0.6) is 11.5 Å². The van der Waals surface area contributed by atoms with Crippen molar-refractivity contribution in [2.24, 2.45) is 0 Å². The summed E-state index contributed by atoms with van der Waals surface area (Å²) in [7, 11) is 0. The van der Waals surface area contributed by atoms with Crippen molar-refractivity contribution < 1.29 is 9.47 Å². The fourth-order valence-corrected chi connectivity index (χ4v) is 6.42. The Morgan fingerprint density at radius 2 is 1.41 bits per heavy atom. The van der Waals surface area contributed by atoms with Crippen molar-refractivity contribution in [3.05, 3.63) is 61.4 Å². The Morgan fingerprint density at radius 3 is 2.11 bits per heavy atom. The molecule has 1 aliphatic heterocycles. The van der Waals surface area contributed by atoms with Crippen LogP contribution in [0.15, 0.2) is 30.3 Å². The van der Waals surface area contributed by atoms with Crippen molar-refractivity contribution >= 4 is 83.7 Å². The number of thiophene rings is 2. The molecule has 37 heavy (non-hydrogen) atoms. The van der Waals surface area contributed by atoms with Gasteiger partial charge in [0.2, 0.25) is 10.6 Å². The molecule has 5 heterocycles. The van der Waals surface area contributed by atoms with Gasteiger partial charge in [0, 0.05) is 21.7 Å². The van der Waals surface area contributed by atoms with E-state index in [1.54, 1.807) is 22.7 Å². The van der Waals surface area contributed by atoms with E-state index in [2.05, 4.69) is 45.2 Å². The van der Waals surface area contributed by atoms with Crippen LogP contribution in [0, 0.1) is 0 Å². The lowest BCUT2D eigenvalue weighted by molar-refractivity contribution is 0.171. The Kier molecular flexibility index (Phi) is 8.16. The minimum absolute atomic E-state index is 0.210. The monoisotopic (exact) mass is 593 g/mol. The van der Waals surface area contributed by atoms with Gasteiger partial charge in [0.15, 0.2) is 11.5 Å². The third-order valence-electron chi connectivity index (χ3n) is 5.55. The number of hydrogen-bond donors (Lipinski definition) is 1. The van der Waals surface area contributed by atoms with Gasteiger partial charge in [-0.3, -0.25) is 0 Å². The van der Waals surface area contributed by atoms with E-state index in [1.165, 1.54) is 9.75 Å². The minimum atomic E-state index is 0.210. The molecule has 1 N–H and O–H groups in total. The highest BCUT2D eigenvalue weighted by molar-refractivity contribution is 7.19. The molecule has 12 heteroatoms. The highest BCUT2D eigenvalue weighted by atomic mass is 35.5. The standard InChI is InChI=1S/C17H16ClN3O2S.C8H6Cl2N2S/c1-2-11-8-12-15(20-17(18)21-16(12)24-11)19-9-10-3-4-13-14(7-10)23-6-5-22-13;1-2-4-3-5-6(9)11-8(10)12-7(5)13-4/h3-4,7-8H,2,5-6,9H2,1H3,(H,19,20,21);3H,2H2,1H3. The Morgan fingerprint density at radius 1 is 0.784 bits per heavy atom. The molecule has 1 aromatic carbocycles. The van der Waals surface area contributed by atoms with Gasteiger partial charge < -0.3 is 14.8 Å². The predicted octanol–water partition coefficient (Wildman–Crippen LogP) is 7.85. The van der Waals surface area contributed by atoms with E-state index in [9.17, 15) is 0 Å². The van der Waals surface area contributed by atoms with E-state index in [-0.39, 0.29) is 10.6 Å². The second-order valence-electron chi connectivity index (χ2n) is 8.03. The molecular formula is C25H22Cl3N5O2S2. The molecule has 4 aromatic heterocycles. The van der Waals surface area contributed by atoms with E-state index in [1.807, 2.05) is 24.3 Å². The summed E-state index contributed by atoms with van der Waals surface area (Å²) in [5, 5.41) is 6.18. The Bertz CT molecular complexity index is 1570. The SMILES string of the molecule is CCc1cc2c(Cl)nc(Cl)nc2s1.CCc1cc2c(NCc3ccc4c(c3)OCCO4)nc(Cl)nc2s1. The number of fused-ring (bicyclic) bond motifs is 3. The summed E-state index contributed by atoms with van der Waals surface area (Å²) in [6, 6.07) is 10.1. The number of halogens is 3. The largest absolute Gasteiger partial charge is 0.486 e. The number of anilines is 1. The minimum Gasteiger partial charge on any atom is -0.486 e. The number of aryl methyl sites for hydroxylation is 2. The molecular weight excluding hydrogens is 573 g/mol. The maximum Gasteiger partial charge on any atom is 0.225 e. The molecule has 0 amide bonds. The maximum absolute atomic E-state index is 6.06. The highest BCUT2D eigenvalue weighted by Crippen LogP contribution is 2.33. The quantitative estimate of drug-likeness (QED) is 0.164. The Hall–Kier alpha value is -2.43. The molecule has 192 valence electrons. The van der Waals surface area contributed by atoms with Crippen LogP contribution in [0.4, 0.5) is 5.82 Å². The average molecular weight is 595 g/mol. The van der Waals surface area contributed by atoms with Gasteiger partial charge in [0.05, 0.1) is 5.39 Å². The van der Waals surface area contributed by atoms with E-state index in [0.29, 0.717) is 24.9 Å². The average Bonchev–Trinajstić information content (AvgIpc) is 3.51. The normalized spacial score (nSPS) is 12.5.